The van der Waals surface area contributed by atoms with Crippen LogP contribution in [0.15, 0.2) is 36.4 Å². The van der Waals surface area contributed by atoms with E-state index < -0.39 is 0 Å². The van der Waals surface area contributed by atoms with Crippen LogP contribution in [0.1, 0.15) is 0 Å². The van der Waals surface area contributed by atoms with E-state index in [1.54, 1.807) is 19.2 Å². The molecule has 0 fully saturated rings. The van der Waals surface area contributed by atoms with Gasteiger partial charge in [0.15, 0.2) is 0 Å². The fourth-order valence-electron chi connectivity index (χ4n) is 1.55. The van der Waals surface area contributed by atoms with E-state index in [-0.39, 0.29) is 0 Å². The number of methoxy groups -OCH3 is 1. The number of nitrogens with two attached hydrogens (primary N) is 1. The Morgan fingerprint density at radius 3 is 2.24 bits per heavy atom. The highest BCUT2D eigenvalue weighted by atomic mass is 35.5. The number of rotatable bonds is 2. The van der Waals surface area contributed by atoms with Gasteiger partial charge in [-0.3, -0.25) is 0 Å². The number of nitrogen functional groups attached to an aromatic ring is 1. The molecule has 0 aliphatic carbocycles. The van der Waals surface area contributed by atoms with Crippen molar-refractivity contribution >= 4 is 28.9 Å². The molecular formula is C13H11Cl2NO. The van der Waals surface area contributed by atoms with E-state index in [1.165, 1.54) is 0 Å². The van der Waals surface area contributed by atoms with Crippen molar-refractivity contribution in [1.29, 1.82) is 0 Å². The van der Waals surface area contributed by atoms with Gasteiger partial charge in [-0.2, -0.15) is 0 Å². The molecule has 88 valence electrons. The van der Waals surface area contributed by atoms with Crippen molar-refractivity contribution < 1.29 is 4.74 Å². The summed E-state index contributed by atoms with van der Waals surface area (Å²) in [6.07, 6.45) is 0. The molecule has 0 unspecified atom stereocenters. The predicted molar refractivity (Wildman–Crippen MR) is 72.9 cm³/mol. The lowest BCUT2D eigenvalue weighted by Crippen LogP contribution is -1.88. The van der Waals surface area contributed by atoms with Crippen LogP contribution in [0.5, 0.6) is 5.75 Å². The lowest BCUT2D eigenvalue weighted by Gasteiger charge is -2.08. The monoisotopic (exact) mass is 267 g/mol. The van der Waals surface area contributed by atoms with Gasteiger partial charge in [-0.1, -0.05) is 35.3 Å². The fraction of sp³-hybridized carbons (Fsp3) is 0.0769. The molecule has 0 saturated carbocycles. The van der Waals surface area contributed by atoms with Crippen LogP contribution in [-0.4, -0.2) is 7.11 Å². The normalized spacial score (nSPS) is 10.3. The minimum Gasteiger partial charge on any atom is -0.495 e. The van der Waals surface area contributed by atoms with E-state index in [2.05, 4.69) is 0 Å². The number of hydrogen-bond acceptors (Lipinski definition) is 2. The van der Waals surface area contributed by atoms with Crippen molar-refractivity contribution in [2.75, 3.05) is 12.8 Å². The van der Waals surface area contributed by atoms with E-state index >= 15 is 0 Å². The van der Waals surface area contributed by atoms with Crippen molar-refractivity contribution in [3.8, 4) is 16.9 Å². The number of ether oxygens (including phenoxy) is 1. The van der Waals surface area contributed by atoms with Crippen molar-refractivity contribution in [3.63, 3.8) is 0 Å². The summed E-state index contributed by atoms with van der Waals surface area (Å²) in [6.45, 7) is 0. The largest absolute Gasteiger partial charge is 0.495 e. The smallest absolute Gasteiger partial charge is 0.138 e. The molecule has 17 heavy (non-hydrogen) atoms. The molecule has 0 spiro atoms. The van der Waals surface area contributed by atoms with Gasteiger partial charge >= 0.3 is 0 Å². The van der Waals surface area contributed by atoms with Crippen LogP contribution >= 0.6 is 23.2 Å². The van der Waals surface area contributed by atoms with Gasteiger partial charge in [0.2, 0.25) is 0 Å². The van der Waals surface area contributed by atoms with E-state index in [0.717, 1.165) is 11.1 Å². The number of halogens is 2. The summed E-state index contributed by atoms with van der Waals surface area (Å²) < 4.78 is 5.17. The molecule has 0 aromatic heterocycles. The molecule has 2 N–H and O–H groups in total. The molecule has 0 atom stereocenters. The molecule has 0 aliphatic rings. The van der Waals surface area contributed by atoms with E-state index in [9.17, 15) is 0 Å². The minimum absolute atomic E-state index is 0.538. The highest BCUT2D eigenvalue weighted by Crippen LogP contribution is 2.32. The molecule has 0 saturated heterocycles. The summed E-state index contributed by atoms with van der Waals surface area (Å²) in [5, 5.41) is 1.12. The van der Waals surface area contributed by atoms with Crippen LogP contribution in [0.25, 0.3) is 11.1 Å². The maximum Gasteiger partial charge on any atom is 0.138 e. The lowest BCUT2D eigenvalue weighted by molar-refractivity contribution is 0.415. The summed E-state index contributed by atoms with van der Waals surface area (Å²) in [7, 11) is 1.58. The van der Waals surface area contributed by atoms with Gasteiger partial charge in [-0.25, -0.2) is 0 Å². The minimum atomic E-state index is 0.538. The number of benzene rings is 2. The third kappa shape index (κ3) is 2.48. The molecule has 0 aliphatic heterocycles. The summed E-state index contributed by atoms with van der Waals surface area (Å²) in [5.74, 6) is 0.636. The Hall–Kier alpha value is -1.38. The van der Waals surface area contributed by atoms with Crippen molar-refractivity contribution in [3.05, 3.63) is 46.4 Å². The van der Waals surface area contributed by atoms with Crippen molar-refractivity contribution in [1.82, 2.24) is 0 Å². The van der Waals surface area contributed by atoms with Gasteiger partial charge in [0.25, 0.3) is 0 Å². The Morgan fingerprint density at radius 2 is 1.59 bits per heavy atom. The van der Waals surface area contributed by atoms with Gasteiger partial charge in [-0.15, -0.1) is 0 Å². The van der Waals surface area contributed by atoms with E-state index in [0.29, 0.717) is 21.5 Å². The van der Waals surface area contributed by atoms with Gasteiger partial charge < -0.3 is 10.5 Å². The Morgan fingerprint density at radius 1 is 0.941 bits per heavy atom. The molecule has 2 aromatic carbocycles. The first-order valence-corrected chi connectivity index (χ1v) is 5.76. The highest BCUT2D eigenvalue weighted by molar-refractivity contribution is 6.33. The van der Waals surface area contributed by atoms with Crippen molar-refractivity contribution in [2.24, 2.45) is 0 Å². The van der Waals surface area contributed by atoms with E-state index in [1.807, 2.05) is 24.3 Å². The Kier molecular flexibility index (Phi) is 3.46. The topological polar surface area (TPSA) is 35.2 Å². The van der Waals surface area contributed by atoms with Crippen molar-refractivity contribution in [2.45, 2.75) is 0 Å². The zero-order valence-corrected chi connectivity index (χ0v) is 10.7. The second kappa shape index (κ2) is 4.86. The average molecular weight is 268 g/mol. The molecule has 0 heterocycles. The van der Waals surface area contributed by atoms with Gasteiger partial charge in [0.05, 0.1) is 22.8 Å². The van der Waals surface area contributed by atoms with Crippen LogP contribution in [-0.2, 0) is 0 Å². The predicted octanol–water partition coefficient (Wildman–Crippen LogP) is 4.25. The van der Waals surface area contributed by atoms with Crippen LogP contribution in [0, 0.1) is 0 Å². The van der Waals surface area contributed by atoms with Crippen LogP contribution in [0.2, 0.25) is 10.0 Å². The van der Waals surface area contributed by atoms with Gasteiger partial charge in [-0.05, 0) is 35.4 Å². The second-order valence-electron chi connectivity index (χ2n) is 3.59. The zero-order valence-electron chi connectivity index (χ0n) is 9.21. The van der Waals surface area contributed by atoms with Crippen LogP contribution < -0.4 is 10.5 Å². The molecule has 2 nitrogen and oxygen atoms in total. The zero-order chi connectivity index (χ0) is 12.4. The van der Waals surface area contributed by atoms with Gasteiger partial charge in [0.1, 0.15) is 5.75 Å². The molecule has 0 radical (unpaired) electrons. The molecule has 0 bridgehead atoms. The first-order chi connectivity index (χ1) is 8.11. The first-order valence-electron chi connectivity index (χ1n) is 5.01. The third-order valence-electron chi connectivity index (χ3n) is 2.48. The SMILES string of the molecule is COc1cc(-c2ccc(N)c(Cl)c2)ccc1Cl. The quantitative estimate of drug-likeness (QED) is 0.826. The average Bonchev–Trinajstić information content (AvgIpc) is 2.33. The molecule has 0 amide bonds. The molecule has 2 aromatic rings. The number of hydrogen-bond donors (Lipinski definition) is 1. The summed E-state index contributed by atoms with van der Waals surface area (Å²) >= 11 is 12.0. The maximum absolute atomic E-state index is 5.99. The second-order valence-corrected chi connectivity index (χ2v) is 4.40. The summed E-state index contributed by atoms with van der Waals surface area (Å²) in [4.78, 5) is 0. The van der Waals surface area contributed by atoms with Crippen LogP contribution in [0.4, 0.5) is 5.69 Å². The fourth-order valence-corrected chi connectivity index (χ4v) is 1.92. The molecule has 4 heteroatoms. The number of anilines is 1. The first kappa shape index (κ1) is 12.1. The summed E-state index contributed by atoms with van der Waals surface area (Å²) in [6, 6.07) is 11.1. The Labute approximate surface area is 110 Å². The maximum atomic E-state index is 5.99. The third-order valence-corrected chi connectivity index (χ3v) is 3.12. The van der Waals surface area contributed by atoms with Gasteiger partial charge in [0, 0.05) is 0 Å². The molecule has 2 rings (SSSR count). The summed E-state index contributed by atoms with van der Waals surface area (Å²) in [5.41, 5.74) is 8.19. The van der Waals surface area contributed by atoms with E-state index in [4.69, 9.17) is 33.7 Å². The Bertz CT molecular complexity index is 555. The molecular weight excluding hydrogens is 257 g/mol. The highest BCUT2D eigenvalue weighted by Gasteiger charge is 2.05. The lowest BCUT2D eigenvalue weighted by atomic mass is 10.1. The Balaban J connectivity index is 2.49. The standard InChI is InChI=1S/C13H11Cl2NO/c1-17-13-7-9(2-4-10(13)14)8-3-5-12(16)11(15)6-8/h2-7H,16H2,1H3. The van der Waals surface area contributed by atoms with Crippen LogP contribution in [0.3, 0.4) is 0 Å².